The molecule has 0 radical (unpaired) electrons. The summed E-state index contributed by atoms with van der Waals surface area (Å²) in [5, 5.41) is 0. The van der Waals surface area contributed by atoms with E-state index in [1.807, 2.05) is 0 Å². The molecular formula is C12H16BrFN2. The Kier molecular flexibility index (Phi) is 3.95. The van der Waals surface area contributed by atoms with Gasteiger partial charge in [0.15, 0.2) is 0 Å². The third kappa shape index (κ3) is 3.03. The molecule has 0 spiro atoms. The zero-order chi connectivity index (χ0) is 11.5. The first-order valence-corrected chi connectivity index (χ1v) is 6.41. The van der Waals surface area contributed by atoms with E-state index in [4.69, 9.17) is 5.84 Å². The van der Waals surface area contributed by atoms with E-state index < -0.39 is 0 Å². The first kappa shape index (κ1) is 12.0. The fraction of sp³-hybridized carbons (Fsp3) is 0.500. The summed E-state index contributed by atoms with van der Waals surface area (Å²) >= 11 is 3.43. The van der Waals surface area contributed by atoms with Crippen LogP contribution in [0.5, 0.6) is 0 Å². The van der Waals surface area contributed by atoms with Gasteiger partial charge in [-0.15, -0.1) is 0 Å². The lowest BCUT2D eigenvalue weighted by Gasteiger charge is -2.17. The second-order valence-electron chi connectivity index (χ2n) is 4.41. The van der Waals surface area contributed by atoms with Gasteiger partial charge in [0.1, 0.15) is 5.82 Å². The number of halogens is 2. The van der Waals surface area contributed by atoms with Gasteiger partial charge in [-0.25, -0.2) is 4.39 Å². The summed E-state index contributed by atoms with van der Waals surface area (Å²) in [5.74, 6) is 6.18. The molecule has 1 aromatic rings. The van der Waals surface area contributed by atoms with E-state index in [1.165, 1.54) is 18.9 Å². The average Bonchev–Trinajstić information content (AvgIpc) is 3.07. The smallest absolute Gasteiger partial charge is 0.123 e. The average molecular weight is 287 g/mol. The fourth-order valence-electron chi connectivity index (χ4n) is 1.92. The molecule has 0 saturated heterocycles. The maximum Gasteiger partial charge on any atom is 0.123 e. The molecule has 1 aromatic carbocycles. The zero-order valence-electron chi connectivity index (χ0n) is 9.05. The van der Waals surface area contributed by atoms with Crippen LogP contribution in [0, 0.1) is 11.7 Å². The van der Waals surface area contributed by atoms with Gasteiger partial charge in [0.25, 0.3) is 0 Å². The Labute approximate surface area is 104 Å². The minimum absolute atomic E-state index is 0.0330. The molecule has 2 rings (SSSR count). The second-order valence-corrected chi connectivity index (χ2v) is 5.26. The maximum absolute atomic E-state index is 13.2. The van der Waals surface area contributed by atoms with Crippen LogP contribution in [-0.2, 0) is 0 Å². The van der Waals surface area contributed by atoms with Gasteiger partial charge >= 0.3 is 0 Å². The standard InChI is InChI=1S/C12H16BrFN2/c13-11-5-4-9(14)7-10(11)12(16-15)6-3-8-1-2-8/h4-5,7-8,12,16H,1-3,6,15H2. The van der Waals surface area contributed by atoms with Crippen molar-refractivity contribution in [1.82, 2.24) is 5.43 Å². The van der Waals surface area contributed by atoms with Crippen molar-refractivity contribution >= 4 is 15.9 Å². The minimum atomic E-state index is -0.218. The Morgan fingerprint density at radius 2 is 2.25 bits per heavy atom. The highest BCUT2D eigenvalue weighted by Crippen LogP contribution is 2.36. The number of rotatable bonds is 5. The SMILES string of the molecule is NNC(CCC1CC1)c1cc(F)ccc1Br. The van der Waals surface area contributed by atoms with E-state index >= 15 is 0 Å². The summed E-state index contributed by atoms with van der Waals surface area (Å²) in [6, 6.07) is 4.75. The Morgan fingerprint density at radius 1 is 1.50 bits per heavy atom. The first-order chi connectivity index (χ1) is 7.70. The number of benzene rings is 1. The Hall–Kier alpha value is -0.450. The van der Waals surface area contributed by atoms with E-state index in [0.29, 0.717) is 0 Å². The molecule has 3 N–H and O–H groups in total. The van der Waals surface area contributed by atoms with Gasteiger partial charge in [0.05, 0.1) is 0 Å². The number of hydrazine groups is 1. The largest absolute Gasteiger partial charge is 0.271 e. The molecule has 1 atom stereocenters. The molecule has 1 unspecified atom stereocenters. The Bertz CT molecular complexity index is 366. The summed E-state index contributed by atoms with van der Waals surface area (Å²) in [6.45, 7) is 0. The summed E-state index contributed by atoms with van der Waals surface area (Å²) in [5.41, 5.74) is 3.68. The lowest BCUT2D eigenvalue weighted by Crippen LogP contribution is -2.28. The van der Waals surface area contributed by atoms with Gasteiger partial charge in [-0.2, -0.15) is 0 Å². The van der Waals surface area contributed by atoms with Gasteiger partial charge in [-0.3, -0.25) is 11.3 Å². The van der Waals surface area contributed by atoms with Crippen LogP contribution in [0.2, 0.25) is 0 Å². The quantitative estimate of drug-likeness (QED) is 0.644. The number of nitrogens with one attached hydrogen (secondary N) is 1. The van der Waals surface area contributed by atoms with Crippen molar-refractivity contribution in [2.75, 3.05) is 0 Å². The summed E-state index contributed by atoms with van der Waals surface area (Å²) in [7, 11) is 0. The third-order valence-corrected chi connectivity index (χ3v) is 3.82. The van der Waals surface area contributed by atoms with Crippen LogP contribution < -0.4 is 11.3 Å². The maximum atomic E-state index is 13.2. The zero-order valence-corrected chi connectivity index (χ0v) is 10.6. The van der Waals surface area contributed by atoms with Crippen molar-refractivity contribution in [2.45, 2.75) is 31.7 Å². The van der Waals surface area contributed by atoms with Crippen LogP contribution in [0.25, 0.3) is 0 Å². The molecule has 1 aliphatic rings. The van der Waals surface area contributed by atoms with Gasteiger partial charge in [-0.1, -0.05) is 28.8 Å². The predicted octanol–water partition coefficient (Wildman–Crippen LogP) is 3.28. The highest BCUT2D eigenvalue weighted by atomic mass is 79.9. The van der Waals surface area contributed by atoms with Crippen molar-refractivity contribution in [1.29, 1.82) is 0 Å². The molecule has 0 aliphatic heterocycles. The molecule has 1 fully saturated rings. The van der Waals surface area contributed by atoms with E-state index in [9.17, 15) is 4.39 Å². The highest BCUT2D eigenvalue weighted by molar-refractivity contribution is 9.10. The molecule has 0 amide bonds. The number of nitrogens with two attached hydrogens (primary N) is 1. The molecule has 88 valence electrons. The van der Waals surface area contributed by atoms with E-state index in [0.717, 1.165) is 28.8 Å². The molecule has 4 heteroatoms. The molecule has 0 bridgehead atoms. The van der Waals surface area contributed by atoms with Gasteiger partial charge < -0.3 is 0 Å². The van der Waals surface area contributed by atoms with E-state index in [1.54, 1.807) is 12.1 Å². The van der Waals surface area contributed by atoms with Crippen LogP contribution in [0.3, 0.4) is 0 Å². The van der Waals surface area contributed by atoms with Crippen molar-refractivity contribution < 1.29 is 4.39 Å². The van der Waals surface area contributed by atoms with Crippen molar-refractivity contribution in [3.8, 4) is 0 Å². The molecule has 0 aromatic heterocycles. The molecule has 0 heterocycles. The number of hydrogen-bond acceptors (Lipinski definition) is 2. The van der Waals surface area contributed by atoms with Gasteiger partial charge in [0, 0.05) is 10.5 Å². The van der Waals surface area contributed by atoms with Crippen LogP contribution in [0.4, 0.5) is 4.39 Å². The van der Waals surface area contributed by atoms with Gasteiger partial charge in [0.2, 0.25) is 0 Å². The summed E-state index contributed by atoms with van der Waals surface area (Å²) in [6.07, 6.45) is 4.80. The molecule has 2 nitrogen and oxygen atoms in total. The lowest BCUT2D eigenvalue weighted by atomic mass is 10.0. The molecule has 1 aliphatic carbocycles. The van der Waals surface area contributed by atoms with Crippen LogP contribution >= 0.6 is 15.9 Å². The van der Waals surface area contributed by atoms with Crippen LogP contribution in [0.15, 0.2) is 22.7 Å². The van der Waals surface area contributed by atoms with Crippen LogP contribution in [-0.4, -0.2) is 0 Å². The molecular weight excluding hydrogens is 271 g/mol. The fourth-order valence-corrected chi connectivity index (χ4v) is 2.44. The van der Waals surface area contributed by atoms with Gasteiger partial charge in [-0.05, 0) is 42.5 Å². The van der Waals surface area contributed by atoms with Crippen molar-refractivity contribution in [3.05, 3.63) is 34.1 Å². The molecule has 16 heavy (non-hydrogen) atoms. The summed E-state index contributed by atoms with van der Waals surface area (Å²) in [4.78, 5) is 0. The first-order valence-electron chi connectivity index (χ1n) is 5.62. The molecule has 1 saturated carbocycles. The van der Waals surface area contributed by atoms with Crippen molar-refractivity contribution in [2.24, 2.45) is 11.8 Å². The van der Waals surface area contributed by atoms with E-state index in [2.05, 4.69) is 21.4 Å². The van der Waals surface area contributed by atoms with Crippen molar-refractivity contribution in [3.63, 3.8) is 0 Å². The Morgan fingerprint density at radius 3 is 2.88 bits per heavy atom. The van der Waals surface area contributed by atoms with Crippen LogP contribution in [0.1, 0.15) is 37.3 Å². The monoisotopic (exact) mass is 286 g/mol. The third-order valence-electron chi connectivity index (χ3n) is 3.10. The predicted molar refractivity (Wildman–Crippen MR) is 66.1 cm³/mol. The highest BCUT2D eigenvalue weighted by Gasteiger charge is 2.23. The number of hydrogen-bond donors (Lipinski definition) is 2. The van der Waals surface area contributed by atoms with E-state index in [-0.39, 0.29) is 11.9 Å². The topological polar surface area (TPSA) is 38.0 Å². The Balaban J connectivity index is 2.07. The normalized spacial score (nSPS) is 17.4. The lowest BCUT2D eigenvalue weighted by molar-refractivity contribution is 0.477. The second kappa shape index (κ2) is 5.25. The minimum Gasteiger partial charge on any atom is -0.271 e. The summed E-state index contributed by atoms with van der Waals surface area (Å²) < 4.78 is 14.1.